The molecular weight excluding hydrogens is 344 g/mol. The van der Waals surface area contributed by atoms with Crippen LogP contribution in [0.25, 0.3) is 23.0 Å². The Morgan fingerprint density at radius 3 is 3.00 bits per heavy atom. The fourth-order valence-electron chi connectivity index (χ4n) is 3.25. The van der Waals surface area contributed by atoms with Gasteiger partial charge in [-0.25, -0.2) is 4.98 Å². The molecule has 9 heteroatoms. The Morgan fingerprint density at radius 1 is 1.19 bits per heavy atom. The number of imidazole rings is 1. The van der Waals surface area contributed by atoms with Crippen LogP contribution < -0.4 is 5.32 Å². The standard InChI is InChI=1S/C18H18N8O/c1-12(18-22-16(24-27-18)14-4-2-3-5-20-14)25-8-7-21-17(25)15-10-13-11-19-6-9-26(13)23-15/h2-5,7-8,10,12,19H,6,9,11H2,1H3/t12-/m0/s1. The summed E-state index contributed by atoms with van der Waals surface area (Å²) in [6.07, 6.45) is 5.37. The first-order valence-corrected chi connectivity index (χ1v) is 8.85. The van der Waals surface area contributed by atoms with E-state index in [2.05, 4.69) is 31.5 Å². The summed E-state index contributed by atoms with van der Waals surface area (Å²) in [4.78, 5) is 13.3. The van der Waals surface area contributed by atoms with Gasteiger partial charge >= 0.3 is 0 Å². The Bertz CT molecular complexity index is 1040. The first-order chi connectivity index (χ1) is 13.3. The second kappa shape index (κ2) is 6.44. The van der Waals surface area contributed by atoms with Crippen LogP contribution in [-0.2, 0) is 13.1 Å². The molecule has 0 aliphatic carbocycles. The van der Waals surface area contributed by atoms with Crippen molar-refractivity contribution in [3.05, 3.63) is 54.4 Å². The molecule has 9 nitrogen and oxygen atoms in total. The van der Waals surface area contributed by atoms with Gasteiger partial charge in [0.15, 0.2) is 5.82 Å². The minimum Gasteiger partial charge on any atom is -0.337 e. The largest absolute Gasteiger partial charge is 0.337 e. The Balaban J connectivity index is 1.47. The van der Waals surface area contributed by atoms with Gasteiger partial charge in [0.05, 0.1) is 12.2 Å². The molecule has 4 aromatic rings. The number of fused-ring (bicyclic) bond motifs is 1. The van der Waals surface area contributed by atoms with E-state index in [0.717, 1.165) is 36.8 Å². The molecule has 0 radical (unpaired) electrons. The average molecular weight is 362 g/mol. The highest BCUT2D eigenvalue weighted by molar-refractivity contribution is 5.51. The summed E-state index contributed by atoms with van der Waals surface area (Å²) in [5, 5.41) is 12.1. The molecule has 4 aromatic heterocycles. The molecule has 0 unspecified atom stereocenters. The molecule has 0 bridgehead atoms. The third-order valence-corrected chi connectivity index (χ3v) is 4.68. The number of nitrogens with one attached hydrogen (secondary N) is 1. The molecule has 0 fully saturated rings. The SMILES string of the molecule is C[C@@H](c1nc(-c2ccccn2)no1)n1ccnc1-c1cc2n(n1)CCNC2. The number of hydrogen-bond acceptors (Lipinski definition) is 7. The molecule has 0 saturated carbocycles. The van der Waals surface area contributed by atoms with E-state index < -0.39 is 0 Å². The lowest BCUT2D eigenvalue weighted by atomic mass is 10.2. The van der Waals surface area contributed by atoms with Gasteiger partial charge in [-0.2, -0.15) is 10.1 Å². The fourth-order valence-corrected chi connectivity index (χ4v) is 3.25. The van der Waals surface area contributed by atoms with Crippen molar-refractivity contribution < 1.29 is 4.52 Å². The predicted octanol–water partition coefficient (Wildman–Crippen LogP) is 1.90. The van der Waals surface area contributed by atoms with Crippen molar-refractivity contribution in [2.45, 2.75) is 26.1 Å². The van der Waals surface area contributed by atoms with Gasteiger partial charge in [-0.3, -0.25) is 9.67 Å². The highest BCUT2D eigenvalue weighted by Gasteiger charge is 2.22. The van der Waals surface area contributed by atoms with Crippen LogP contribution >= 0.6 is 0 Å². The monoisotopic (exact) mass is 362 g/mol. The van der Waals surface area contributed by atoms with Crippen LogP contribution in [0.15, 0.2) is 47.4 Å². The second-order valence-corrected chi connectivity index (χ2v) is 6.43. The van der Waals surface area contributed by atoms with Crippen molar-refractivity contribution in [1.29, 1.82) is 0 Å². The zero-order chi connectivity index (χ0) is 18.2. The Morgan fingerprint density at radius 2 is 2.15 bits per heavy atom. The molecule has 0 aromatic carbocycles. The fraction of sp³-hybridized carbons (Fsp3) is 0.278. The van der Waals surface area contributed by atoms with Crippen LogP contribution in [0.4, 0.5) is 0 Å². The lowest BCUT2D eigenvalue weighted by Crippen LogP contribution is -2.28. The number of rotatable bonds is 4. The average Bonchev–Trinajstić information content (AvgIpc) is 3.46. The Hall–Kier alpha value is -3.33. The van der Waals surface area contributed by atoms with Gasteiger partial charge in [-0.05, 0) is 25.1 Å². The van der Waals surface area contributed by atoms with Gasteiger partial charge in [0.25, 0.3) is 0 Å². The lowest BCUT2D eigenvalue weighted by Gasteiger charge is -2.13. The van der Waals surface area contributed by atoms with Crippen molar-refractivity contribution >= 4 is 0 Å². The Kier molecular flexibility index (Phi) is 3.79. The van der Waals surface area contributed by atoms with Crippen LogP contribution in [0.5, 0.6) is 0 Å². The maximum Gasteiger partial charge on any atom is 0.249 e. The maximum absolute atomic E-state index is 5.49. The molecule has 5 rings (SSSR count). The molecule has 27 heavy (non-hydrogen) atoms. The van der Waals surface area contributed by atoms with E-state index in [0.29, 0.717) is 17.4 Å². The zero-order valence-corrected chi connectivity index (χ0v) is 14.8. The molecule has 0 spiro atoms. The molecule has 1 N–H and O–H groups in total. The third kappa shape index (κ3) is 2.81. The van der Waals surface area contributed by atoms with Gasteiger partial charge in [0.1, 0.15) is 17.4 Å². The quantitative estimate of drug-likeness (QED) is 0.592. The van der Waals surface area contributed by atoms with E-state index >= 15 is 0 Å². The van der Waals surface area contributed by atoms with E-state index in [4.69, 9.17) is 9.62 Å². The molecule has 1 aliphatic heterocycles. The normalized spacial score (nSPS) is 14.9. The number of aromatic nitrogens is 7. The van der Waals surface area contributed by atoms with E-state index in [-0.39, 0.29) is 6.04 Å². The van der Waals surface area contributed by atoms with Crippen LogP contribution in [-0.4, -0.2) is 41.0 Å². The summed E-state index contributed by atoms with van der Waals surface area (Å²) in [7, 11) is 0. The summed E-state index contributed by atoms with van der Waals surface area (Å²) in [6.45, 7) is 4.61. The lowest BCUT2D eigenvalue weighted by molar-refractivity contribution is 0.346. The number of nitrogens with zero attached hydrogens (tertiary/aromatic N) is 7. The van der Waals surface area contributed by atoms with Gasteiger partial charge < -0.3 is 14.4 Å². The highest BCUT2D eigenvalue weighted by Crippen LogP contribution is 2.26. The van der Waals surface area contributed by atoms with Crippen molar-refractivity contribution in [3.63, 3.8) is 0 Å². The van der Waals surface area contributed by atoms with E-state index in [1.54, 1.807) is 12.4 Å². The van der Waals surface area contributed by atoms with Gasteiger partial charge in [-0.1, -0.05) is 11.2 Å². The van der Waals surface area contributed by atoms with Crippen molar-refractivity contribution in [1.82, 2.24) is 39.8 Å². The summed E-state index contributed by atoms with van der Waals surface area (Å²) in [5.41, 5.74) is 2.68. The first-order valence-electron chi connectivity index (χ1n) is 8.85. The highest BCUT2D eigenvalue weighted by atomic mass is 16.5. The molecule has 5 heterocycles. The summed E-state index contributed by atoms with van der Waals surface area (Å²) in [6, 6.07) is 7.50. The number of hydrogen-bond donors (Lipinski definition) is 1. The summed E-state index contributed by atoms with van der Waals surface area (Å²) in [5.74, 6) is 1.75. The van der Waals surface area contributed by atoms with Crippen LogP contribution in [0.3, 0.4) is 0 Å². The zero-order valence-electron chi connectivity index (χ0n) is 14.8. The smallest absolute Gasteiger partial charge is 0.249 e. The minimum atomic E-state index is -0.177. The van der Waals surface area contributed by atoms with Crippen molar-refractivity contribution in [2.75, 3.05) is 6.54 Å². The van der Waals surface area contributed by atoms with Crippen molar-refractivity contribution in [2.24, 2.45) is 0 Å². The van der Waals surface area contributed by atoms with E-state index in [9.17, 15) is 0 Å². The molecule has 136 valence electrons. The Labute approximate surface area is 155 Å². The first kappa shape index (κ1) is 15.9. The maximum atomic E-state index is 5.49. The molecule has 0 saturated heterocycles. The number of pyridine rings is 1. The van der Waals surface area contributed by atoms with Crippen LogP contribution in [0, 0.1) is 0 Å². The molecule has 1 aliphatic rings. The minimum absolute atomic E-state index is 0.177. The molecular formula is C18H18N8O. The predicted molar refractivity (Wildman–Crippen MR) is 96.5 cm³/mol. The van der Waals surface area contributed by atoms with Crippen LogP contribution in [0.1, 0.15) is 24.6 Å². The van der Waals surface area contributed by atoms with Gasteiger partial charge in [0, 0.05) is 31.7 Å². The molecule has 1 atom stereocenters. The third-order valence-electron chi connectivity index (χ3n) is 4.68. The van der Waals surface area contributed by atoms with Crippen LogP contribution in [0.2, 0.25) is 0 Å². The topological polar surface area (TPSA) is 99.5 Å². The second-order valence-electron chi connectivity index (χ2n) is 6.43. The summed E-state index contributed by atoms with van der Waals surface area (Å²) < 4.78 is 9.52. The summed E-state index contributed by atoms with van der Waals surface area (Å²) >= 11 is 0. The van der Waals surface area contributed by atoms with Gasteiger partial charge in [0.2, 0.25) is 11.7 Å². The van der Waals surface area contributed by atoms with Crippen molar-refractivity contribution in [3.8, 4) is 23.0 Å². The van der Waals surface area contributed by atoms with Gasteiger partial charge in [-0.15, -0.1) is 0 Å². The molecule has 0 amide bonds. The van der Waals surface area contributed by atoms with E-state index in [1.165, 1.54) is 0 Å². The van der Waals surface area contributed by atoms with E-state index in [1.807, 2.05) is 40.6 Å².